The lowest BCUT2D eigenvalue weighted by atomic mass is 10.2. The van der Waals surface area contributed by atoms with Crippen LogP contribution >= 0.6 is 0 Å². The summed E-state index contributed by atoms with van der Waals surface area (Å²) < 4.78 is 12.8. The summed E-state index contributed by atoms with van der Waals surface area (Å²) in [7, 11) is 0. The summed E-state index contributed by atoms with van der Waals surface area (Å²) in [6.07, 6.45) is 1.79. The third kappa shape index (κ3) is 2.18. The normalized spacial score (nSPS) is 10.7. The van der Waals surface area contributed by atoms with Gasteiger partial charge >= 0.3 is 0 Å². The molecule has 0 aliphatic heterocycles. The molecule has 0 saturated heterocycles. The molecule has 0 spiro atoms. The highest BCUT2D eigenvalue weighted by Gasteiger charge is 1.98. The van der Waals surface area contributed by atoms with E-state index in [2.05, 4.69) is 15.5 Å². The summed E-state index contributed by atoms with van der Waals surface area (Å²) in [5.74, 6) is -0.211. The number of anilines is 1. The molecule has 3 nitrogen and oxygen atoms in total. The molecule has 0 aliphatic rings. The first-order valence-corrected chi connectivity index (χ1v) is 5.73. The number of benzene rings is 2. The first-order chi connectivity index (χ1) is 8.81. The fourth-order valence-corrected chi connectivity index (χ4v) is 1.85. The Balaban J connectivity index is 1.74. The maximum atomic E-state index is 12.8. The van der Waals surface area contributed by atoms with E-state index in [1.54, 1.807) is 18.3 Å². The summed E-state index contributed by atoms with van der Waals surface area (Å²) in [4.78, 5) is 0. The number of fused-ring (bicyclic) bond motifs is 1. The fourth-order valence-electron chi connectivity index (χ4n) is 1.85. The molecule has 3 rings (SSSR count). The van der Waals surface area contributed by atoms with E-state index < -0.39 is 0 Å². The van der Waals surface area contributed by atoms with Crippen molar-refractivity contribution in [2.45, 2.75) is 6.54 Å². The van der Waals surface area contributed by atoms with Crippen molar-refractivity contribution in [3.05, 3.63) is 60.0 Å². The highest BCUT2D eigenvalue weighted by Crippen LogP contribution is 2.17. The Labute approximate surface area is 104 Å². The number of hydrogen-bond donors (Lipinski definition) is 2. The molecule has 90 valence electrons. The van der Waals surface area contributed by atoms with E-state index in [9.17, 15) is 4.39 Å². The topological polar surface area (TPSA) is 40.7 Å². The van der Waals surface area contributed by atoms with Gasteiger partial charge in [-0.2, -0.15) is 5.10 Å². The molecule has 0 amide bonds. The molecule has 2 N–H and O–H groups in total. The molecule has 18 heavy (non-hydrogen) atoms. The van der Waals surface area contributed by atoms with E-state index in [-0.39, 0.29) is 5.82 Å². The van der Waals surface area contributed by atoms with Crippen LogP contribution in [0.5, 0.6) is 0 Å². The van der Waals surface area contributed by atoms with Crippen LogP contribution in [-0.4, -0.2) is 10.2 Å². The highest BCUT2D eigenvalue weighted by atomic mass is 19.1. The van der Waals surface area contributed by atoms with Crippen molar-refractivity contribution in [3.63, 3.8) is 0 Å². The maximum absolute atomic E-state index is 12.8. The van der Waals surface area contributed by atoms with E-state index in [0.717, 1.165) is 22.2 Å². The van der Waals surface area contributed by atoms with Crippen LogP contribution in [0.25, 0.3) is 10.9 Å². The third-order valence-electron chi connectivity index (χ3n) is 2.85. The predicted octanol–water partition coefficient (Wildman–Crippen LogP) is 3.31. The minimum atomic E-state index is -0.211. The molecule has 0 saturated carbocycles. The zero-order valence-corrected chi connectivity index (χ0v) is 9.65. The SMILES string of the molecule is Fc1ccc(CNc2ccc3cn[nH]c3c2)cc1. The monoisotopic (exact) mass is 241 g/mol. The minimum absolute atomic E-state index is 0.211. The van der Waals surface area contributed by atoms with Crippen LogP contribution in [0, 0.1) is 5.82 Å². The Morgan fingerprint density at radius 3 is 2.78 bits per heavy atom. The van der Waals surface area contributed by atoms with Crippen molar-refractivity contribution in [1.82, 2.24) is 10.2 Å². The van der Waals surface area contributed by atoms with Crippen LogP contribution in [0.3, 0.4) is 0 Å². The number of nitrogens with zero attached hydrogens (tertiary/aromatic N) is 1. The van der Waals surface area contributed by atoms with Gasteiger partial charge in [0, 0.05) is 17.6 Å². The summed E-state index contributed by atoms with van der Waals surface area (Å²) in [6.45, 7) is 0.667. The van der Waals surface area contributed by atoms with Crippen LogP contribution in [0.1, 0.15) is 5.56 Å². The van der Waals surface area contributed by atoms with Gasteiger partial charge in [0.25, 0.3) is 0 Å². The smallest absolute Gasteiger partial charge is 0.123 e. The molecular weight excluding hydrogens is 229 g/mol. The molecule has 3 aromatic rings. The number of aromatic nitrogens is 2. The van der Waals surface area contributed by atoms with Crippen molar-refractivity contribution in [3.8, 4) is 0 Å². The van der Waals surface area contributed by atoms with Crippen molar-refractivity contribution in [2.75, 3.05) is 5.32 Å². The second kappa shape index (κ2) is 4.49. The standard InChI is InChI=1S/C14H12FN3/c15-12-4-1-10(2-5-12)8-16-13-6-3-11-9-17-18-14(11)7-13/h1-7,9,16H,8H2,(H,17,18). The Hall–Kier alpha value is -2.36. The van der Waals surface area contributed by atoms with E-state index in [1.807, 2.05) is 18.2 Å². The first-order valence-electron chi connectivity index (χ1n) is 5.73. The molecule has 0 radical (unpaired) electrons. The van der Waals surface area contributed by atoms with E-state index in [1.165, 1.54) is 12.1 Å². The van der Waals surface area contributed by atoms with Gasteiger partial charge in [0.1, 0.15) is 5.82 Å². The average Bonchev–Trinajstić information content (AvgIpc) is 2.85. The molecule has 2 aromatic carbocycles. The lowest BCUT2D eigenvalue weighted by molar-refractivity contribution is 0.627. The van der Waals surface area contributed by atoms with Crippen LogP contribution in [0.2, 0.25) is 0 Å². The third-order valence-corrected chi connectivity index (χ3v) is 2.85. The zero-order chi connectivity index (χ0) is 12.4. The van der Waals surface area contributed by atoms with Gasteiger partial charge in [-0.3, -0.25) is 5.10 Å². The van der Waals surface area contributed by atoms with Gasteiger partial charge in [0.05, 0.1) is 11.7 Å². The summed E-state index contributed by atoms with van der Waals surface area (Å²) in [6, 6.07) is 12.5. The number of aromatic amines is 1. The number of H-pyrrole nitrogens is 1. The lowest BCUT2D eigenvalue weighted by Gasteiger charge is -2.06. The van der Waals surface area contributed by atoms with Crippen molar-refractivity contribution in [2.24, 2.45) is 0 Å². The van der Waals surface area contributed by atoms with Gasteiger partial charge in [0.2, 0.25) is 0 Å². The van der Waals surface area contributed by atoms with Crippen molar-refractivity contribution in [1.29, 1.82) is 0 Å². The Bertz CT molecular complexity index is 658. The van der Waals surface area contributed by atoms with Crippen LogP contribution in [-0.2, 0) is 6.54 Å². The van der Waals surface area contributed by atoms with Gasteiger partial charge in [-0.25, -0.2) is 4.39 Å². The summed E-state index contributed by atoms with van der Waals surface area (Å²) in [5, 5.41) is 11.3. The molecular formula is C14H12FN3. The first kappa shape index (κ1) is 10.8. The quantitative estimate of drug-likeness (QED) is 0.738. The maximum Gasteiger partial charge on any atom is 0.123 e. The number of halogens is 1. The molecule has 0 unspecified atom stereocenters. The van der Waals surface area contributed by atoms with E-state index in [4.69, 9.17) is 0 Å². The minimum Gasteiger partial charge on any atom is -0.381 e. The molecule has 0 fully saturated rings. The number of hydrogen-bond acceptors (Lipinski definition) is 2. The van der Waals surface area contributed by atoms with Gasteiger partial charge in [-0.1, -0.05) is 12.1 Å². The lowest BCUT2D eigenvalue weighted by Crippen LogP contribution is -1.99. The van der Waals surface area contributed by atoms with Crippen LogP contribution in [0.15, 0.2) is 48.7 Å². The van der Waals surface area contributed by atoms with Crippen molar-refractivity contribution < 1.29 is 4.39 Å². The van der Waals surface area contributed by atoms with Crippen LogP contribution in [0.4, 0.5) is 10.1 Å². The predicted molar refractivity (Wildman–Crippen MR) is 69.8 cm³/mol. The van der Waals surface area contributed by atoms with Gasteiger partial charge in [0.15, 0.2) is 0 Å². The zero-order valence-electron chi connectivity index (χ0n) is 9.65. The van der Waals surface area contributed by atoms with E-state index in [0.29, 0.717) is 6.54 Å². The molecule has 0 aliphatic carbocycles. The largest absolute Gasteiger partial charge is 0.381 e. The second-order valence-corrected chi connectivity index (χ2v) is 4.15. The molecule has 1 aromatic heterocycles. The number of rotatable bonds is 3. The second-order valence-electron chi connectivity index (χ2n) is 4.15. The molecule has 1 heterocycles. The summed E-state index contributed by atoms with van der Waals surface area (Å²) in [5.41, 5.74) is 3.05. The Kier molecular flexibility index (Phi) is 2.68. The summed E-state index contributed by atoms with van der Waals surface area (Å²) >= 11 is 0. The van der Waals surface area contributed by atoms with Crippen molar-refractivity contribution >= 4 is 16.6 Å². The fraction of sp³-hybridized carbons (Fsp3) is 0.0714. The average molecular weight is 241 g/mol. The highest BCUT2D eigenvalue weighted by molar-refractivity contribution is 5.81. The molecule has 0 bridgehead atoms. The Morgan fingerprint density at radius 1 is 1.11 bits per heavy atom. The van der Waals surface area contributed by atoms with Gasteiger partial charge in [-0.05, 0) is 35.9 Å². The van der Waals surface area contributed by atoms with E-state index >= 15 is 0 Å². The van der Waals surface area contributed by atoms with Gasteiger partial charge in [-0.15, -0.1) is 0 Å². The van der Waals surface area contributed by atoms with Crippen LogP contribution < -0.4 is 5.32 Å². The molecule has 0 atom stereocenters. The van der Waals surface area contributed by atoms with Gasteiger partial charge < -0.3 is 5.32 Å². The number of nitrogens with one attached hydrogen (secondary N) is 2. The Morgan fingerprint density at radius 2 is 1.94 bits per heavy atom. The molecule has 4 heteroatoms.